The standard InChI is InChI=1S/C12H14F2O4S/c1-7(2)3-4-19(17,18)10-6-8(12(15)16)5-9(13)11(10)14/h5-7H,3-4H2,1-2H3,(H,15,16). The third-order valence-electron chi connectivity index (χ3n) is 2.54. The molecule has 0 spiro atoms. The monoisotopic (exact) mass is 292 g/mol. The molecule has 7 heteroatoms. The molecule has 0 radical (unpaired) electrons. The Morgan fingerprint density at radius 2 is 1.89 bits per heavy atom. The van der Waals surface area contributed by atoms with Gasteiger partial charge >= 0.3 is 5.97 Å². The molecule has 0 aromatic heterocycles. The minimum absolute atomic E-state index is 0.0744. The molecule has 0 saturated heterocycles. The van der Waals surface area contributed by atoms with E-state index in [0.29, 0.717) is 12.1 Å². The van der Waals surface area contributed by atoms with E-state index in [-0.39, 0.29) is 18.1 Å². The van der Waals surface area contributed by atoms with Gasteiger partial charge in [-0.25, -0.2) is 22.0 Å². The van der Waals surface area contributed by atoms with Gasteiger partial charge in [0.15, 0.2) is 21.5 Å². The predicted molar refractivity (Wildman–Crippen MR) is 64.8 cm³/mol. The highest BCUT2D eigenvalue weighted by molar-refractivity contribution is 7.91. The number of benzene rings is 1. The number of aromatic carboxylic acids is 1. The maximum Gasteiger partial charge on any atom is 0.335 e. The highest BCUT2D eigenvalue weighted by atomic mass is 32.2. The second-order valence-corrected chi connectivity index (χ2v) is 6.65. The van der Waals surface area contributed by atoms with Gasteiger partial charge in [0.25, 0.3) is 0 Å². The van der Waals surface area contributed by atoms with E-state index in [1.165, 1.54) is 0 Å². The second-order valence-electron chi connectivity index (χ2n) is 4.58. The average Bonchev–Trinajstić information content (AvgIpc) is 2.29. The van der Waals surface area contributed by atoms with Crippen molar-refractivity contribution in [3.8, 4) is 0 Å². The predicted octanol–water partition coefficient (Wildman–Crippen LogP) is 2.48. The second kappa shape index (κ2) is 5.64. The van der Waals surface area contributed by atoms with E-state index in [1.54, 1.807) is 13.8 Å². The van der Waals surface area contributed by atoms with Gasteiger partial charge in [-0.2, -0.15) is 0 Å². The first-order chi connectivity index (χ1) is 8.65. The summed E-state index contributed by atoms with van der Waals surface area (Å²) in [5.74, 6) is -4.81. The number of halogens is 2. The van der Waals surface area contributed by atoms with Gasteiger partial charge in [0.2, 0.25) is 0 Å². The lowest BCUT2D eigenvalue weighted by atomic mass is 10.2. The molecule has 1 N–H and O–H groups in total. The van der Waals surface area contributed by atoms with Crippen molar-refractivity contribution < 1.29 is 27.1 Å². The summed E-state index contributed by atoms with van der Waals surface area (Å²) in [6.07, 6.45) is 0.278. The van der Waals surface area contributed by atoms with E-state index in [0.717, 1.165) is 0 Å². The largest absolute Gasteiger partial charge is 0.478 e. The fraction of sp³-hybridized carbons (Fsp3) is 0.417. The third-order valence-corrected chi connectivity index (χ3v) is 4.28. The zero-order valence-electron chi connectivity index (χ0n) is 10.5. The van der Waals surface area contributed by atoms with Crippen LogP contribution in [-0.4, -0.2) is 25.2 Å². The van der Waals surface area contributed by atoms with E-state index in [4.69, 9.17) is 5.11 Å². The number of carboxylic acids is 1. The zero-order chi connectivity index (χ0) is 14.8. The van der Waals surface area contributed by atoms with E-state index >= 15 is 0 Å². The van der Waals surface area contributed by atoms with Gasteiger partial charge in [-0.1, -0.05) is 13.8 Å². The summed E-state index contributed by atoms with van der Waals surface area (Å²) in [7, 11) is -4.04. The maximum atomic E-state index is 13.5. The lowest BCUT2D eigenvalue weighted by molar-refractivity contribution is 0.0696. The van der Waals surface area contributed by atoms with Crippen LogP contribution in [-0.2, 0) is 9.84 Å². The van der Waals surface area contributed by atoms with E-state index in [9.17, 15) is 22.0 Å². The summed E-state index contributed by atoms with van der Waals surface area (Å²) in [5, 5.41) is 8.72. The van der Waals surface area contributed by atoms with Crippen LogP contribution in [0.3, 0.4) is 0 Å². The average molecular weight is 292 g/mol. The molecule has 0 bridgehead atoms. The first-order valence-corrected chi connectivity index (χ1v) is 7.25. The molecule has 0 fully saturated rings. The summed E-state index contributed by atoms with van der Waals surface area (Å²) in [6.45, 7) is 3.58. The molecule has 4 nitrogen and oxygen atoms in total. The van der Waals surface area contributed by atoms with Crippen LogP contribution >= 0.6 is 0 Å². The van der Waals surface area contributed by atoms with Crippen molar-refractivity contribution in [1.29, 1.82) is 0 Å². The van der Waals surface area contributed by atoms with Crippen LogP contribution in [0.4, 0.5) is 8.78 Å². The molecular formula is C12H14F2O4S. The molecule has 0 aliphatic rings. The van der Waals surface area contributed by atoms with Crippen molar-refractivity contribution in [3.63, 3.8) is 0 Å². The van der Waals surface area contributed by atoms with Crippen LogP contribution in [0.1, 0.15) is 30.6 Å². The van der Waals surface area contributed by atoms with Gasteiger partial charge < -0.3 is 5.11 Å². The minimum Gasteiger partial charge on any atom is -0.478 e. The van der Waals surface area contributed by atoms with E-state index in [1.807, 2.05) is 0 Å². The van der Waals surface area contributed by atoms with Crippen molar-refractivity contribution in [3.05, 3.63) is 29.3 Å². The Morgan fingerprint density at radius 1 is 1.32 bits per heavy atom. The molecule has 0 aliphatic carbocycles. The summed E-state index contributed by atoms with van der Waals surface area (Å²) < 4.78 is 50.5. The lowest BCUT2D eigenvalue weighted by Gasteiger charge is -2.09. The van der Waals surface area contributed by atoms with Gasteiger partial charge in [-0.15, -0.1) is 0 Å². The van der Waals surface area contributed by atoms with Crippen LogP contribution in [0.15, 0.2) is 17.0 Å². The zero-order valence-corrected chi connectivity index (χ0v) is 11.3. The molecule has 106 valence electrons. The Balaban J connectivity index is 3.29. The number of hydrogen-bond donors (Lipinski definition) is 1. The summed E-state index contributed by atoms with van der Waals surface area (Å²) in [6, 6.07) is 1.11. The Hall–Kier alpha value is -1.50. The molecule has 1 aromatic rings. The normalized spacial score (nSPS) is 11.8. The van der Waals surface area contributed by atoms with Crippen molar-refractivity contribution in [2.75, 3.05) is 5.75 Å². The SMILES string of the molecule is CC(C)CCS(=O)(=O)c1cc(C(=O)O)cc(F)c1F. The summed E-state index contributed by atoms with van der Waals surface area (Å²) >= 11 is 0. The molecule has 0 atom stereocenters. The van der Waals surface area contributed by atoms with Crippen LogP contribution in [0, 0.1) is 17.6 Å². The van der Waals surface area contributed by atoms with Gasteiger partial charge in [0.1, 0.15) is 4.90 Å². The Kier molecular flexibility index (Phi) is 4.62. The lowest BCUT2D eigenvalue weighted by Crippen LogP contribution is -2.13. The van der Waals surface area contributed by atoms with Gasteiger partial charge in [-0.3, -0.25) is 0 Å². The number of sulfone groups is 1. The quantitative estimate of drug-likeness (QED) is 0.905. The Bertz CT molecular complexity index is 594. The van der Waals surface area contributed by atoms with Crippen molar-refractivity contribution in [2.24, 2.45) is 5.92 Å². The van der Waals surface area contributed by atoms with Crippen molar-refractivity contribution in [2.45, 2.75) is 25.2 Å². The minimum atomic E-state index is -4.04. The first-order valence-electron chi connectivity index (χ1n) is 5.60. The number of hydrogen-bond acceptors (Lipinski definition) is 3. The van der Waals surface area contributed by atoms with Gasteiger partial charge in [-0.05, 0) is 24.5 Å². The van der Waals surface area contributed by atoms with E-state index in [2.05, 4.69) is 0 Å². The van der Waals surface area contributed by atoms with Crippen LogP contribution in [0.25, 0.3) is 0 Å². The highest BCUT2D eigenvalue weighted by Crippen LogP contribution is 2.22. The molecule has 0 unspecified atom stereocenters. The molecule has 1 rings (SSSR count). The van der Waals surface area contributed by atoms with Crippen LogP contribution in [0.2, 0.25) is 0 Å². The fourth-order valence-electron chi connectivity index (χ4n) is 1.41. The van der Waals surface area contributed by atoms with Gasteiger partial charge in [0.05, 0.1) is 11.3 Å². The number of carboxylic acid groups (broad SMARTS) is 1. The topological polar surface area (TPSA) is 71.4 Å². The molecular weight excluding hydrogens is 278 g/mol. The Labute approximate surface area is 110 Å². The van der Waals surface area contributed by atoms with Crippen molar-refractivity contribution >= 4 is 15.8 Å². The molecule has 0 aliphatic heterocycles. The van der Waals surface area contributed by atoms with Crippen LogP contribution in [0.5, 0.6) is 0 Å². The smallest absolute Gasteiger partial charge is 0.335 e. The molecule has 0 saturated carbocycles. The highest BCUT2D eigenvalue weighted by Gasteiger charge is 2.24. The molecule has 0 heterocycles. The van der Waals surface area contributed by atoms with Crippen molar-refractivity contribution in [1.82, 2.24) is 0 Å². The van der Waals surface area contributed by atoms with Gasteiger partial charge in [0, 0.05) is 0 Å². The molecule has 19 heavy (non-hydrogen) atoms. The third kappa shape index (κ3) is 3.73. The summed E-state index contributed by atoms with van der Waals surface area (Å²) in [5.41, 5.74) is -0.595. The molecule has 1 aromatic carbocycles. The number of carbonyl (C=O) groups is 1. The van der Waals surface area contributed by atoms with Crippen LogP contribution < -0.4 is 0 Å². The first kappa shape index (κ1) is 15.6. The maximum absolute atomic E-state index is 13.5. The fourth-order valence-corrected chi connectivity index (χ4v) is 3.09. The summed E-state index contributed by atoms with van der Waals surface area (Å²) in [4.78, 5) is 9.83. The Morgan fingerprint density at radius 3 is 2.37 bits per heavy atom. The van der Waals surface area contributed by atoms with E-state index < -0.39 is 37.9 Å². The number of rotatable bonds is 5. The molecule has 0 amide bonds.